The smallest absolute Gasteiger partial charge is 0.220 e. The number of rotatable bonds is 2. The van der Waals surface area contributed by atoms with E-state index >= 15 is 0 Å². The predicted molar refractivity (Wildman–Crippen MR) is 66.9 cm³/mol. The van der Waals surface area contributed by atoms with Gasteiger partial charge in [0.05, 0.1) is 5.56 Å². The van der Waals surface area contributed by atoms with Crippen LogP contribution < -0.4 is 0 Å². The molecule has 3 heteroatoms. The van der Waals surface area contributed by atoms with E-state index < -0.39 is 5.12 Å². The van der Waals surface area contributed by atoms with E-state index in [1.807, 2.05) is 30.3 Å². The molecule has 0 aromatic heterocycles. The summed E-state index contributed by atoms with van der Waals surface area (Å²) >= 11 is 3.68. The van der Waals surface area contributed by atoms with Gasteiger partial charge < -0.3 is 5.11 Å². The molecule has 0 aliphatic rings. The van der Waals surface area contributed by atoms with Crippen LogP contribution in [0.5, 0.6) is 5.75 Å². The minimum absolute atomic E-state index is 0.0404. The molecule has 2 aromatic carbocycles. The third-order valence-electron chi connectivity index (χ3n) is 2.34. The first kappa shape index (κ1) is 10.8. The van der Waals surface area contributed by atoms with Gasteiger partial charge in [-0.15, -0.1) is 12.6 Å². The molecule has 0 spiro atoms. The number of benzene rings is 2. The van der Waals surface area contributed by atoms with Gasteiger partial charge in [-0.2, -0.15) is 0 Å². The molecule has 0 amide bonds. The Labute approximate surface area is 99.0 Å². The number of phenols is 1. The zero-order valence-electron chi connectivity index (χ0n) is 8.42. The third kappa shape index (κ3) is 2.09. The Balaban J connectivity index is 2.46. The first-order valence-corrected chi connectivity index (χ1v) is 5.25. The van der Waals surface area contributed by atoms with E-state index in [0.717, 1.165) is 11.1 Å². The summed E-state index contributed by atoms with van der Waals surface area (Å²) in [7, 11) is 0. The normalized spacial score (nSPS) is 10.1. The Kier molecular flexibility index (Phi) is 2.97. The maximum Gasteiger partial charge on any atom is 0.220 e. The van der Waals surface area contributed by atoms with Crippen molar-refractivity contribution < 1.29 is 9.90 Å². The highest BCUT2D eigenvalue weighted by molar-refractivity contribution is 7.97. The van der Waals surface area contributed by atoms with Crippen molar-refractivity contribution in [2.75, 3.05) is 0 Å². The summed E-state index contributed by atoms with van der Waals surface area (Å²) in [5.74, 6) is -0.0404. The largest absolute Gasteiger partial charge is 0.507 e. The summed E-state index contributed by atoms with van der Waals surface area (Å²) in [5.41, 5.74) is 2.09. The maximum atomic E-state index is 11.0. The molecule has 2 aromatic rings. The second-order valence-electron chi connectivity index (χ2n) is 3.40. The van der Waals surface area contributed by atoms with Gasteiger partial charge in [-0.25, -0.2) is 0 Å². The van der Waals surface area contributed by atoms with E-state index in [-0.39, 0.29) is 11.3 Å². The molecule has 0 fully saturated rings. The molecule has 0 heterocycles. The molecule has 2 nitrogen and oxygen atoms in total. The van der Waals surface area contributed by atoms with Crippen LogP contribution in [0.25, 0.3) is 11.1 Å². The fourth-order valence-electron chi connectivity index (χ4n) is 1.52. The minimum atomic E-state index is -0.433. The fraction of sp³-hybridized carbons (Fsp3) is 0. The van der Waals surface area contributed by atoms with Gasteiger partial charge in [0, 0.05) is 0 Å². The lowest BCUT2D eigenvalue weighted by atomic mass is 10.0. The molecule has 0 saturated heterocycles. The quantitative estimate of drug-likeness (QED) is 0.778. The molecule has 2 rings (SSSR count). The van der Waals surface area contributed by atoms with Crippen LogP contribution in [0.2, 0.25) is 0 Å². The number of carbonyl (C=O) groups is 1. The van der Waals surface area contributed by atoms with Crippen LogP contribution in [-0.2, 0) is 0 Å². The van der Waals surface area contributed by atoms with Crippen molar-refractivity contribution in [2.45, 2.75) is 0 Å². The third-order valence-corrected chi connectivity index (χ3v) is 2.58. The van der Waals surface area contributed by atoms with Gasteiger partial charge in [0.25, 0.3) is 0 Å². The summed E-state index contributed by atoms with van der Waals surface area (Å²) in [5, 5.41) is 9.22. The molecule has 1 N–H and O–H groups in total. The lowest BCUT2D eigenvalue weighted by molar-refractivity contribution is 0.108. The zero-order chi connectivity index (χ0) is 11.5. The monoisotopic (exact) mass is 230 g/mol. The van der Waals surface area contributed by atoms with Crippen LogP contribution >= 0.6 is 12.6 Å². The standard InChI is InChI=1S/C13H10O2S/c14-12-8-10(6-7-11(12)13(15)16)9-4-2-1-3-5-9/h1-8,14H,(H,15,16). The van der Waals surface area contributed by atoms with Crippen LogP contribution in [0.3, 0.4) is 0 Å². The number of carbonyl (C=O) groups excluding carboxylic acids is 1. The predicted octanol–water partition coefficient (Wildman–Crippen LogP) is 3.13. The number of thiol groups is 1. The molecule has 16 heavy (non-hydrogen) atoms. The Bertz CT molecular complexity index is 521. The average molecular weight is 230 g/mol. The Morgan fingerprint density at radius 1 is 1.00 bits per heavy atom. The topological polar surface area (TPSA) is 37.3 Å². The summed E-state index contributed by atoms with van der Waals surface area (Å²) in [6.45, 7) is 0. The lowest BCUT2D eigenvalue weighted by Crippen LogP contribution is -1.89. The van der Waals surface area contributed by atoms with E-state index in [9.17, 15) is 9.90 Å². The highest BCUT2D eigenvalue weighted by atomic mass is 32.1. The zero-order valence-corrected chi connectivity index (χ0v) is 9.32. The van der Waals surface area contributed by atoms with Crippen molar-refractivity contribution in [3.63, 3.8) is 0 Å². The number of aromatic hydroxyl groups is 1. The number of hydrogen-bond donors (Lipinski definition) is 2. The highest BCUT2D eigenvalue weighted by Crippen LogP contribution is 2.27. The van der Waals surface area contributed by atoms with Gasteiger partial charge in [-0.05, 0) is 23.3 Å². The van der Waals surface area contributed by atoms with Gasteiger partial charge in [-0.3, -0.25) is 4.79 Å². The van der Waals surface area contributed by atoms with E-state index in [0.29, 0.717) is 0 Å². The Morgan fingerprint density at radius 2 is 1.69 bits per heavy atom. The SMILES string of the molecule is O=C(S)c1ccc(-c2ccccc2)cc1O. The molecule has 0 unspecified atom stereocenters. The molecule has 0 bridgehead atoms. The van der Waals surface area contributed by atoms with Crippen molar-refractivity contribution in [1.82, 2.24) is 0 Å². The molecule has 0 atom stereocenters. The van der Waals surface area contributed by atoms with Gasteiger partial charge in [0.2, 0.25) is 5.12 Å². The van der Waals surface area contributed by atoms with Crippen LogP contribution in [0.1, 0.15) is 10.4 Å². The van der Waals surface area contributed by atoms with Crippen molar-refractivity contribution in [3.8, 4) is 16.9 Å². The second kappa shape index (κ2) is 4.41. The van der Waals surface area contributed by atoms with Gasteiger partial charge >= 0.3 is 0 Å². The Morgan fingerprint density at radius 3 is 2.25 bits per heavy atom. The Hall–Kier alpha value is -1.74. The van der Waals surface area contributed by atoms with Crippen molar-refractivity contribution in [1.29, 1.82) is 0 Å². The van der Waals surface area contributed by atoms with Crippen LogP contribution in [0, 0.1) is 0 Å². The average Bonchev–Trinajstić information content (AvgIpc) is 2.29. The highest BCUT2D eigenvalue weighted by Gasteiger charge is 2.08. The summed E-state index contributed by atoms with van der Waals surface area (Å²) in [6.07, 6.45) is 0. The van der Waals surface area contributed by atoms with Crippen molar-refractivity contribution in [3.05, 3.63) is 54.1 Å². The van der Waals surface area contributed by atoms with Crippen molar-refractivity contribution in [2.24, 2.45) is 0 Å². The van der Waals surface area contributed by atoms with E-state index in [4.69, 9.17) is 0 Å². The van der Waals surface area contributed by atoms with Gasteiger partial charge in [0.15, 0.2) is 0 Å². The number of hydrogen-bond acceptors (Lipinski definition) is 2. The van der Waals surface area contributed by atoms with Gasteiger partial charge in [-0.1, -0.05) is 36.4 Å². The van der Waals surface area contributed by atoms with E-state index in [1.54, 1.807) is 18.2 Å². The number of phenolic OH excluding ortho intramolecular Hbond substituents is 1. The molecule has 0 aliphatic carbocycles. The van der Waals surface area contributed by atoms with E-state index in [2.05, 4.69) is 12.6 Å². The van der Waals surface area contributed by atoms with E-state index in [1.165, 1.54) is 0 Å². The first-order valence-electron chi connectivity index (χ1n) is 4.80. The van der Waals surface area contributed by atoms with Crippen LogP contribution in [-0.4, -0.2) is 10.2 Å². The molecular formula is C13H10O2S. The summed E-state index contributed by atoms with van der Waals surface area (Å²) in [6, 6.07) is 14.6. The summed E-state index contributed by atoms with van der Waals surface area (Å²) < 4.78 is 0. The van der Waals surface area contributed by atoms with Crippen LogP contribution in [0.15, 0.2) is 48.5 Å². The molecule has 80 valence electrons. The summed E-state index contributed by atoms with van der Waals surface area (Å²) in [4.78, 5) is 11.0. The first-order chi connectivity index (χ1) is 7.68. The fourth-order valence-corrected chi connectivity index (χ4v) is 1.71. The second-order valence-corrected chi connectivity index (χ2v) is 3.81. The molecule has 0 radical (unpaired) electrons. The minimum Gasteiger partial charge on any atom is -0.507 e. The maximum absolute atomic E-state index is 11.0. The van der Waals surface area contributed by atoms with Gasteiger partial charge in [0.1, 0.15) is 5.75 Å². The van der Waals surface area contributed by atoms with Crippen molar-refractivity contribution >= 4 is 17.7 Å². The lowest BCUT2D eigenvalue weighted by Gasteiger charge is -2.04. The molecular weight excluding hydrogens is 220 g/mol. The van der Waals surface area contributed by atoms with Crippen LogP contribution in [0.4, 0.5) is 0 Å². The molecule has 0 saturated carbocycles. The molecule has 0 aliphatic heterocycles.